The molecule has 0 aliphatic heterocycles. The van der Waals surface area contributed by atoms with E-state index >= 15 is 0 Å². The predicted octanol–water partition coefficient (Wildman–Crippen LogP) is 4.28. The van der Waals surface area contributed by atoms with Gasteiger partial charge in [-0.05, 0) is 37.2 Å². The molecule has 0 N–H and O–H groups in total. The van der Waals surface area contributed by atoms with Gasteiger partial charge in [-0.3, -0.25) is 10.1 Å². The maximum atomic E-state index is 11.6. The van der Waals surface area contributed by atoms with Gasteiger partial charge in [0.1, 0.15) is 11.4 Å². The lowest BCUT2D eigenvalue weighted by atomic mass is 10.2. The zero-order valence-electron chi connectivity index (χ0n) is 20.7. The molecular formula is C19H30N4O5Si. The molecule has 29 heavy (non-hydrogen) atoms. The lowest BCUT2D eigenvalue weighted by Crippen LogP contribution is -2.41. The molecule has 0 aromatic carbocycles. The van der Waals surface area contributed by atoms with Crippen LogP contribution >= 0.6 is 0 Å². The van der Waals surface area contributed by atoms with Crippen LogP contribution in [0.2, 0.25) is 18.1 Å². The SMILES string of the molecule is [2H]C([2H])([2H])Oc1ncccc1-n1nc(OCCCO[Si](C)(C)C(C)(C)C)c([N+](=O)[O-])c1C. The fraction of sp³-hybridized carbons (Fsp3) is 0.579. The van der Waals surface area contributed by atoms with Crippen LogP contribution in [0.5, 0.6) is 11.8 Å². The second-order valence-corrected chi connectivity index (χ2v) is 13.0. The third-order valence-electron chi connectivity index (χ3n) is 5.11. The minimum Gasteiger partial charge on any atom is -0.479 e. The fourth-order valence-electron chi connectivity index (χ4n) is 2.40. The monoisotopic (exact) mass is 425 g/mol. The normalized spacial score (nSPS) is 14.1. The molecule has 2 aromatic rings. The highest BCUT2D eigenvalue weighted by Crippen LogP contribution is 2.37. The maximum absolute atomic E-state index is 11.6. The van der Waals surface area contributed by atoms with Crippen molar-refractivity contribution in [3.63, 3.8) is 0 Å². The van der Waals surface area contributed by atoms with E-state index < -0.39 is 20.3 Å². The Bertz CT molecular complexity index is 957. The summed E-state index contributed by atoms with van der Waals surface area (Å²) in [6.45, 7) is 12.9. The number of nitro groups is 1. The van der Waals surface area contributed by atoms with Crippen LogP contribution in [0.15, 0.2) is 18.3 Å². The summed E-state index contributed by atoms with van der Waals surface area (Å²) >= 11 is 0. The summed E-state index contributed by atoms with van der Waals surface area (Å²) in [5.74, 6) is -0.383. The van der Waals surface area contributed by atoms with Gasteiger partial charge in [0.05, 0.1) is 22.7 Å². The molecule has 10 heteroatoms. The van der Waals surface area contributed by atoms with Gasteiger partial charge in [0.2, 0.25) is 5.88 Å². The quantitative estimate of drug-likeness (QED) is 0.256. The van der Waals surface area contributed by atoms with E-state index in [1.54, 1.807) is 6.07 Å². The number of hydrogen-bond acceptors (Lipinski definition) is 7. The molecule has 2 heterocycles. The Labute approximate surface area is 176 Å². The molecule has 2 aromatic heterocycles. The molecule has 9 nitrogen and oxygen atoms in total. The largest absolute Gasteiger partial charge is 0.479 e. The first-order chi connectivity index (χ1) is 14.6. The van der Waals surface area contributed by atoms with Crippen molar-refractivity contribution in [2.45, 2.75) is 52.2 Å². The number of pyridine rings is 1. The first-order valence-corrected chi connectivity index (χ1v) is 12.2. The van der Waals surface area contributed by atoms with E-state index in [0.717, 1.165) is 0 Å². The molecule has 0 spiro atoms. The van der Waals surface area contributed by atoms with E-state index in [4.69, 9.17) is 18.0 Å². The Morgan fingerprint density at radius 2 is 2.03 bits per heavy atom. The molecule has 160 valence electrons. The van der Waals surface area contributed by atoms with Crippen LogP contribution in [-0.2, 0) is 4.43 Å². The number of methoxy groups -OCH3 is 1. The first kappa shape index (κ1) is 18.6. The van der Waals surface area contributed by atoms with E-state index in [0.29, 0.717) is 13.0 Å². The molecule has 0 unspecified atom stereocenters. The minimum atomic E-state index is -2.74. The number of nitrogens with zero attached hydrogens (tertiary/aromatic N) is 4. The molecule has 0 saturated heterocycles. The van der Waals surface area contributed by atoms with Crippen molar-refractivity contribution < 1.29 is 22.9 Å². The van der Waals surface area contributed by atoms with E-state index in [1.165, 1.54) is 23.9 Å². The summed E-state index contributed by atoms with van der Waals surface area (Å²) in [6.07, 6.45) is 1.90. The maximum Gasteiger partial charge on any atom is 0.353 e. The third-order valence-corrected chi connectivity index (χ3v) is 9.65. The summed E-state index contributed by atoms with van der Waals surface area (Å²) in [5, 5.41) is 15.9. The Morgan fingerprint density at radius 1 is 1.31 bits per heavy atom. The Morgan fingerprint density at radius 3 is 2.66 bits per heavy atom. The average Bonchev–Trinajstić information content (AvgIpc) is 2.96. The van der Waals surface area contributed by atoms with Crippen molar-refractivity contribution in [1.82, 2.24) is 14.8 Å². The van der Waals surface area contributed by atoms with Gasteiger partial charge in [0, 0.05) is 19.2 Å². The number of hydrogen-bond donors (Lipinski definition) is 0. The van der Waals surface area contributed by atoms with Gasteiger partial charge in [0.15, 0.2) is 8.32 Å². The van der Waals surface area contributed by atoms with Crippen molar-refractivity contribution in [1.29, 1.82) is 0 Å². The highest BCUT2D eigenvalue weighted by Gasteiger charge is 2.37. The molecule has 0 aliphatic carbocycles. The zero-order valence-corrected chi connectivity index (χ0v) is 18.7. The highest BCUT2D eigenvalue weighted by atomic mass is 28.4. The molecular weight excluding hydrogens is 392 g/mol. The molecule has 0 fully saturated rings. The third kappa shape index (κ3) is 5.13. The topological polar surface area (TPSA) is 102 Å². The van der Waals surface area contributed by atoms with Gasteiger partial charge >= 0.3 is 11.6 Å². The van der Waals surface area contributed by atoms with Gasteiger partial charge in [-0.25, -0.2) is 9.67 Å². The van der Waals surface area contributed by atoms with Crippen molar-refractivity contribution in [2.24, 2.45) is 0 Å². The minimum absolute atomic E-state index is 0.0841. The summed E-state index contributed by atoms with van der Waals surface area (Å²) in [7, 11) is -4.62. The molecule has 0 saturated carbocycles. The van der Waals surface area contributed by atoms with Gasteiger partial charge in [0.25, 0.3) is 0 Å². The smallest absolute Gasteiger partial charge is 0.353 e. The van der Waals surface area contributed by atoms with Crippen LogP contribution in [0.1, 0.15) is 37.0 Å². The van der Waals surface area contributed by atoms with E-state index in [9.17, 15) is 10.1 Å². The van der Waals surface area contributed by atoms with E-state index in [1.807, 2.05) is 0 Å². The van der Waals surface area contributed by atoms with Crippen LogP contribution in [0.25, 0.3) is 5.69 Å². The van der Waals surface area contributed by atoms with E-state index in [-0.39, 0.29) is 40.5 Å². The van der Waals surface area contributed by atoms with Crippen LogP contribution < -0.4 is 9.47 Å². The standard InChI is InChI=1S/C19H30N4O5Si/c1-14-16(23(24)25)18(21-22(14)15-10-8-11-20-17(15)26-5)27-12-9-13-28-29(6,7)19(2,3)4/h8,10-11H,9,12-13H2,1-7H3/i5D3. The van der Waals surface area contributed by atoms with Crippen molar-refractivity contribution >= 4 is 14.0 Å². The molecule has 0 atom stereocenters. The van der Waals surface area contributed by atoms with Crippen LogP contribution in [-0.4, -0.2) is 48.3 Å². The molecule has 0 radical (unpaired) electrons. The molecule has 0 bridgehead atoms. The Balaban J connectivity index is 2.20. The predicted molar refractivity (Wildman–Crippen MR) is 113 cm³/mol. The Kier molecular flexibility index (Phi) is 5.70. The van der Waals surface area contributed by atoms with Crippen molar-refractivity contribution in [3.05, 3.63) is 34.1 Å². The van der Waals surface area contributed by atoms with E-state index in [2.05, 4.69) is 43.9 Å². The summed E-state index contributed by atoms with van der Waals surface area (Å²) in [4.78, 5) is 15.0. The zero-order chi connectivity index (χ0) is 24.3. The fourth-order valence-corrected chi connectivity index (χ4v) is 3.49. The highest BCUT2D eigenvalue weighted by molar-refractivity contribution is 6.74. The Hall–Kier alpha value is -2.46. The summed E-state index contributed by atoms with van der Waals surface area (Å²) < 4.78 is 39.8. The van der Waals surface area contributed by atoms with Crippen LogP contribution in [0.4, 0.5) is 5.69 Å². The second kappa shape index (κ2) is 8.91. The van der Waals surface area contributed by atoms with Crippen LogP contribution in [0.3, 0.4) is 0 Å². The first-order valence-electron chi connectivity index (χ1n) is 10.8. The van der Waals surface area contributed by atoms with Gasteiger partial charge in [-0.2, -0.15) is 0 Å². The van der Waals surface area contributed by atoms with Crippen molar-refractivity contribution in [2.75, 3.05) is 20.3 Å². The average molecular weight is 426 g/mol. The van der Waals surface area contributed by atoms with Gasteiger partial charge in [-0.15, -0.1) is 5.10 Å². The summed E-state index contributed by atoms with van der Waals surface area (Å²) in [5.41, 5.74) is 0.00486. The number of aromatic nitrogens is 3. The molecule has 0 aliphatic rings. The van der Waals surface area contributed by atoms with Gasteiger partial charge in [-0.1, -0.05) is 20.8 Å². The van der Waals surface area contributed by atoms with Crippen molar-refractivity contribution in [3.8, 4) is 17.4 Å². The number of ether oxygens (including phenoxy) is 2. The lowest BCUT2D eigenvalue weighted by molar-refractivity contribution is -0.386. The number of rotatable bonds is 9. The lowest BCUT2D eigenvalue weighted by Gasteiger charge is -2.36. The second-order valence-electron chi connectivity index (χ2n) is 8.15. The summed E-state index contributed by atoms with van der Waals surface area (Å²) in [6, 6.07) is 3.06. The van der Waals surface area contributed by atoms with Crippen LogP contribution in [0, 0.1) is 17.0 Å². The molecule has 0 amide bonds. The molecule has 2 rings (SSSR count). The van der Waals surface area contributed by atoms with Gasteiger partial charge < -0.3 is 13.9 Å².